The quantitative estimate of drug-likeness (QED) is 0.888. The summed E-state index contributed by atoms with van der Waals surface area (Å²) in [6.07, 6.45) is 4.52. The highest BCUT2D eigenvalue weighted by Gasteiger charge is 2.24. The number of anilines is 1. The Labute approximate surface area is 113 Å². The Morgan fingerprint density at radius 1 is 1.26 bits per heavy atom. The van der Waals surface area contributed by atoms with E-state index in [0.29, 0.717) is 17.6 Å². The average Bonchev–Trinajstić information content (AvgIpc) is 2.42. The molecule has 0 aromatic carbocycles. The smallest absolute Gasteiger partial charge is 0.180 e. The van der Waals surface area contributed by atoms with Crippen LogP contribution in [0.4, 0.5) is 5.82 Å². The van der Waals surface area contributed by atoms with Crippen LogP contribution >= 0.6 is 0 Å². The third kappa shape index (κ3) is 2.66. The van der Waals surface area contributed by atoms with E-state index in [9.17, 15) is 0 Å². The van der Waals surface area contributed by atoms with E-state index in [2.05, 4.69) is 39.1 Å². The minimum absolute atomic E-state index is 0.484. The minimum atomic E-state index is 0.484. The second kappa shape index (κ2) is 5.09. The van der Waals surface area contributed by atoms with Crippen molar-refractivity contribution in [2.75, 3.05) is 25.5 Å². The highest BCUT2D eigenvalue weighted by molar-refractivity contribution is 5.71. The molecule has 0 amide bonds. The van der Waals surface area contributed by atoms with Crippen molar-refractivity contribution in [2.24, 2.45) is 5.92 Å². The summed E-state index contributed by atoms with van der Waals surface area (Å²) in [5, 5.41) is 3.54. The maximum Gasteiger partial charge on any atom is 0.180 e. The molecule has 3 rings (SSSR count). The minimum Gasteiger partial charge on any atom is -0.367 e. The summed E-state index contributed by atoms with van der Waals surface area (Å²) in [4.78, 5) is 15.4. The highest BCUT2D eigenvalue weighted by Crippen LogP contribution is 2.20. The maximum absolute atomic E-state index is 4.52. The molecule has 1 fully saturated rings. The van der Waals surface area contributed by atoms with Gasteiger partial charge in [-0.1, -0.05) is 6.92 Å². The number of aromatic nitrogens is 3. The monoisotopic (exact) mass is 257 g/mol. The molecule has 1 aliphatic rings. The first-order valence-corrected chi connectivity index (χ1v) is 6.75. The lowest BCUT2D eigenvalue weighted by molar-refractivity contribution is 0.206. The third-order valence-electron chi connectivity index (χ3n) is 3.77. The second-order valence-electron chi connectivity index (χ2n) is 5.37. The number of nitrogens with one attached hydrogen (secondary N) is 1. The molecular formula is C14H19N5. The van der Waals surface area contributed by atoms with Crippen molar-refractivity contribution in [3.8, 4) is 0 Å². The molecule has 0 spiro atoms. The Balaban J connectivity index is 1.77. The van der Waals surface area contributed by atoms with Crippen LogP contribution in [0.25, 0.3) is 11.2 Å². The number of hydrogen-bond donors (Lipinski definition) is 1. The Bertz CT molecular complexity index is 571. The lowest BCUT2D eigenvalue weighted by Crippen LogP contribution is -2.43. The molecule has 0 bridgehead atoms. The number of likely N-dealkylation sites (tertiary alicyclic amines) is 1. The zero-order valence-corrected chi connectivity index (χ0v) is 11.4. The summed E-state index contributed by atoms with van der Waals surface area (Å²) in [5.41, 5.74) is 1.54. The Morgan fingerprint density at radius 3 is 2.95 bits per heavy atom. The van der Waals surface area contributed by atoms with Crippen LogP contribution < -0.4 is 5.32 Å². The van der Waals surface area contributed by atoms with Gasteiger partial charge in [-0.15, -0.1) is 0 Å². The fourth-order valence-corrected chi connectivity index (χ4v) is 2.69. The fourth-order valence-electron chi connectivity index (χ4n) is 2.69. The Morgan fingerprint density at radius 2 is 2.11 bits per heavy atom. The van der Waals surface area contributed by atoms with Gasteiger partial charge in [-0.2, -0.15) is 0 Å². The molecule has 0 aliphatic carbocycles. The van der Waals surface area contributed by atoms with Crippen LogP contribution in [-0.4, -0.2) is 46.0 Å². The first kappa shape index (κ1) is 12.3. The van der Waals surface area contributed by atoms with Gasteiger partial charge in [-0.05, 0) is 38.1 Å². The number of rotatable bonds is 2. The van der Waals surface area contributed by atoms with Gasteiger partial charge in [0.1, 0.15) is 11.3 Å². The summed E-state index contributed by atoms with van der Waals surface area (Å²) in [7, 11) is 2.18. The van der Waals surface area contributed by atoms with Gasteiger partial charge >= 0.3 is 0 Å². The largest absolute Gasteiger partial charge is 0.367 e. The van der Waals surface area contributed by atoms with Gasteiger partial charge in [0.15, 0.2) is 5.65 Å². The third-order valence-corrected chi connectivity index (χ3v) is 3.77. The number of nitrogens with zero attached hydrogens (tertiary/aromatic N) is 4. The second-order valence-corrected chi connectivity index (χ2v) is 5.37. The van der Waals surface area contributed by atoms with Crippen molar-refractivity contribution in [1.29, 1.82) is 0 Å². The highest BCUT2D eigenvalue weighted by atomic mass is 15.1. The van der Waals surface area contributed by atoms with Crippen LogP contribution in [0.3, 0.4) is 0 Å². The summed E-state index contributed by atoms with van der Waals surface area (Å²) < 4.78 is 0. The number of pyridine rings is 1. The van der Waals surface area contributed by atoms with Crippen LogP contribution in [-0.2, 0) is 0 Å². The van der Waals surface area contributed by atoms with Gasteiger partial charge in [0.2, 0.25) is 0 Å². The van der Waals surface area contributed by atoms with Gasteiger partial charge in [-0.3, -0.25) is 4.98 Å². The van der Waals surface area contributed by atoms with E-state index >= 15 is 0 Å². The molecule has 5 heteroatoms. The zero-order chi connectivity index (χ0) is 13.2. The topological polar surface area (TPSA) is 53.9 Å². The van der Waals surface area contributed by atoms with E-state index < -0.39 is 0 Å². The van der Waals surface area contributed by atoms with Crippen molar-refractivity contribution in [3.63, 3.8) is 0 Å². The van der Waals surface area contributed by atoms with Crippen molar-refractivity contribution in [1.82, 2.24) is 19.9 Å². The van der Waals surface area contributed by atoms with E-state index in [1.54, 1.807) is 12.4 Å². The molecule has 0 radical (unpaired) electrons. The van der Waals surface area contributed by atoms with Crippen LogP contribution in [0.1, 0.15) is 13.3 Å². The normalized spacial score (nSPS) is 24.5. The molecule has 2 aromatic heterocycles. The lowest BCUT2D eigenvalue weighted by atomic mass is 9.94. The zero-order valence-electron chi connectivity index (χ0n) is 11.4. The Kier molecular flexibility index (Phi) is 3.29. The molecule has 100 valence electrons. The molecule has 2 aromatic rings. The fraction of sp³-hybridized carbons (Fsp3) is 0.500. The summed E-state index contributed by atoms with van der Waals surface area (Å²) in [5.74, 6) is 1.52. The van der Waals surface area contributed by atoms with Gasteiger partial charge in [-0.25, -0.2) is 9.97 Å². The first-order valence-electron chi connectivity index (χ1n) is 6.75. The van der Waals surface area contributed by atoms with Crippen LogP contribution in [0, 0.1) is 5.92 Å². The van der Waals surface area contributed by atoms with E-state index in [4.69, 9.17) is 0 Å². The number of fused-ring (bicyclic) bond motifs is 1. The molecule has 2 atom stereocenters. The molecule has 2 unspecified atom stereocenters. The molecule has 5 nitrogen and oxygen atoms in total. The van der Waals surface area contributed by atoms with Gasteiger partial charge in [0, 0.05) is 25.0 Å². The number of hydrogen-bond acceptors (Lipinski definition) is 5. The van der Waals surface area contributed by atoms with E-state index in [0.717, 1.165) is 30.8 Å². The maximum atomic E-state index is 4.52. The van der Waals surface area contributed by atoms with Gasteiger partial charge in [0.05, 0.1) is 0 Å². The number of piperidine rings is 1. The SMILES string of the molecule is CC1CN(C)CCC1Nc1ccc2nccnc2n1. The van der Waals surface area contributed by atoms with E-state index in [1.807, 2.05) is 12.1 Å². The molecule has 1 saturated heterocycles. The molecule has 1 N–H and O–H groups in total. The van der Waals surface area contributed by atoms with Crippen LogP contribution in [0.5, 0.6) is 0 Å². The van der Waals surface area contributed by atoms with Crippen LogP contribution in [0.15, 0.2) is 24.5 Å². The van der Waals surface area contributed by atoms with Crippen molar-refractivity contribution in [3.05, 3.63) is 24.5 Å². The summed E-state index contributed by atoms with van der Waals surface area (Å²) >= 11 is 0. The van der Waals surface area contributed by atoms with E-state index in [-0.39, 0.29) is 0 Å². The van der Waals surface area contributed by atoms with Crippen molar-refractivity contribution < 1.29 is 0 Å². The average molecular weight is 257 g/mol. The van der Waals surface area contributed by atoms with Crippen LogP contribution in [0.2, 0.25) is 0 Å². The summed E-state index contributed by atoms with van der Waals surface area (Å²) in [6.45, 7) is 4.55. The van der Waals surface area contributed by atoms with Gasteiger partial charge in [0.25, 0.3) is 0 Å². The predicted molar refractivity (Wildman–Crippen MR) is 76.0 cm³/mol. The molecule has 19 heavy (non-hydrogen) atoms. The molecular weight excluding hydrogens is 238 g/mol. The lowest BCUT2D eigenvalue weighted by Gasteiger charge is -2.35. The van der Waals surface area contributed by atoms with E-state index in [1.165, 1.54) is 0 Å². The molecule has 0 saturated carbocycles. The van der Waals surface area contributed by atoms with Gasteiger partial charge < -0.3 is 10.2 Å². The Hall–Kier alpha value is -1.75. The van der Waals surface area contributed by atoms with Crippen molar-refractivity contribution in [2.45, 2.75) is 19.4 Å². The molecule has 3 heterocycles. The van der Waals surface area contributed by atoms with Crippen molar-refractivity contribution >= 4 is 17.0 Å². The summed E-state index contributed by atoms with van der Waals surface area (Å²) in [6, 6.07) is 4.44. The first-order chi connectivity index (χ1) is 9.22. The molecule has 1 aliphatic heterocycles. The standard InChI is InChI=1S/C14H19N5/c1-10-9-19(2)8-5-11(10)17-13-4-3-12-14(18-13)16-7-6-15-12/h3-4,6-7,10-11H,5,8-9H2,1-2H3,(H,16,17,18). The predicted octanol–water partition coefficient (Wildman–Crippen LogP) is 1.78.